The van der Waals surface area contributed by atoms with Crippen LogP contribution in [0.3, 0.4) is 0 Å². The van der Waals surface area contributed by atoms with Gasteiger partial charge in [0.25, 0.3) is 0 Å². The van der Waals surface area contributed by atoms with E-state index < -0.39 is 0 Å². The first-order valence-corrected chi connectivity index (χ1v) is 6.90. The number of halogens is 1. The standard InChI is InChI=1S/C18H17FN2/c1-12-6-9-16(19)11-17(12)18(21-20)15-8-7-13-4-2-3-5-14(13)10-15/h2-11,18,21H,20H2,1H3. The summed E-state index contributed by atoms with van der Waals surface area (Å²) in [6.45, 7) is 1.96. The van der Waals surface area contributed by atoms with Gasteiger partial charge in [-0.1, -0.05) is 42.5 Å². The lowest BCUT2D eigenvalue weighted by Crippen LogP contribution is -2.29. The van der Waals surface area contributed by atoms with Crippen molar-refractivity contribution < 1.29 is 4.39 Å². The van der Waals surface area contributed by atoms with E-state index in [0.717, 1.165) is 22.1 Å². The van der Waals surface area contributed by atoms with Gasteiger partial charge in [-0.15, -0.1) is 0 Å². The summed E-state index contributed by atoms with van der Waals surface area (Å²) in [6, 6.07) is 18.9. The number of hydrogen-bond donors (Lipinski definition) is 2. The molecule has 0 bridgehead atoms. The Hall–Kier alpha value is -2.23. The Labute approximate surface area is 123 Å². The average Bonchev–Trinajstić information content (AvgIpc) is 2.51. The molecule has 3 N–H and O–H groups in total. The van der Waals surface area contributed by atoms with Crippen molar-refractivity contribution in [1.82, 2.24) is 5.43 Å². The van der Waals surface area contributed by atoms with E-state index in [9.17, 15) is 4.39 Å². The largest absolute Gasteiger partial charge is 0.271 e. The highest BCUT2D eigenvalue weighted by atomic mass is 19.1. The molecule has 0 saturated heterocycles. The third-order valence-corrected chi connectivity index (χ3v) is 3.83. The monoisotopic (exact) mass is 280 g/mol. The molecule has 0 heterocycles. The summed E-state index contributed by atoms with van der Waals surface area (Å²) < 4.78 is 13.5. The number of hydrogen-bond acceptors (Lipinski definition) is 2. The van der Waals surface area contributed by atoms with Crippen molar-refractivity contribution in [3.63, 3.8) is 0 Å². The van der Waals surface area contributed by atoms with Crippen LogP contribution < -0.4 is 11.3 Å². The van der Waals surface area contributed by atoms with Crippen LogP contribution in [-0.2, 0) is 0 Å². The summed E-state index contributed by atoms with van der Waals surface area (Å²) in [5, 5.41) is 2.32. The van der Waals surface area contributed by atoms with Crippen molar-refractivity contribution in [2.45, 2.75) is 13.0 Å². The predicted octanol–water partition coefficient (Wildman–Crippen LogP) is 3.84. The molecule has 0 amide bonds. The van der Waals surface area contributed by atoms with Crippen LogP contribution in [0.25, 0.3) is 10.8 Å². The summed E-state index contributed by atoms with van der Waals surface area (Å²) in [5.74, 6) is 5.47. The van der Waals surface area contributed by atoms with Crippen molar-refractivity contribution in [2.24, 2.45) is 5.84 Å². The maximum absolute atomic E-state index is 13.5. The highest BCUT2D eigenvalue weighted by Crippen LogP contribution is 2.27. The first-order valence-electron chi connectivity index (χ1n) is 6.90. The lowest BCUT2D eigenvalue weighted by Gasteiger charge is -2.19. The number of fused-ring (bicyclic) bond motifs is 1. The molecule has 0 aliphatic rings. The number of benzene rings is 3. The SMILES string of the molecule is Cc1ccc(F)cc1C(NN)c1ccc2ccccc2c1. The minimum Gasteiger partial charge on any atom is -0.271 e. The zero-order valence-corrected chi connectivity index (χ0v) is 11.8. The fourth-order valence-electron chi connectivity index (χ4n) is 2.68. The van der Waals surface area contributed by atoms with Gasteiger partial charge in [0.2, 0.25) is 0 Å². The Morgan fingerprint density at radius 3 is 2.48 bits per heavy atom. The van der Waals surface area contributed by atoms with Gasteiger partial charge < -0.3 is 0 Å². The maximum Gasteiger partial charge on any atom is 0.123 e. The zero-order valence-electron chi connectivity index (χ0n) is 11.8. The highest BCUT2D eigenvalue weighted by Gasteiger charge is 2.15. The van der Waals surface area contributed by atoms with Gasteiger partial charge in [0.1, 0.15) is 5.82 Å². The third kappa shape index (κ3) is 2.66. The van der Waals surface area contributed by atoms with Gasteiger partial charge in [-0.25, -0.2) is 9.82 Å². The third-order valence-electron chi connectivity index (χ3n) is 3.83. The molecule has 1 atom stereocenters. The Morgan fingerprint density at radius 2 is 1.71 bits per heavy atom. The molecule has 0 aliphatic carbocycles. The van der Waals surface area contributed by atoms with E-state index in [1.54, 1.807) is 6.07 Å². The molecule has 3 rings (SSSR count). The average molecular weight is 280 g/mol. The molecule has 2 nitrogen and oxygen atoms in total. The minimum atomic E-state index is -0.253. The second-order valence-corrected chi connectivity index (χ2v) is 5.21. The van der Waals surface area contributed by atoms with E-state index in [2.05, 4.69) is 29.7 Å². The molecule has 0 aliphatic heterocycles. The molecular formula is C18H17FN2. The van der Waals surface area contributed by atoms with E-state index in [4.69, 9.17) is 5.84 Å². The van der Waals surface area contributed by atoms with Crippen molar-refractivity contribution in [2.75, 3.05) is 0 Å². The molecule has 21 heavy (non-hydrogen) atoms. The number of hydrazine groups is 1. The van der Waals surface area contributed by atoms with Crippen LogP contribution in [0.2, 0.25) is 0 Å². The number of nitrogens with one attached hydrogen (secondary N) is 1. The Balaban J connectivity index is 2.11. The van der Waals surface area contributed by atoms with E-state index in [0.29, 0.717) is 0 Å². The summed E-state index contributed by atoms with van der Waals surface area (Å²) in [5.41, 5.74) is 5.68. The molecule has 0 saturated carbocycles. The van der Waals surface area contributed by atoms with Crippen molar-refractivity contribution in [3.8, 4) is 0 Å². The minimum absolute atomic E-state index is 0.231. The molecule has 0 spiro atoms. The van der Waals surface area contributed by atoms with Crippen LogP contribution in [0.4, 0.5) is 4.39 Å². The highest BCUT2D eigenvalue weighted by molar-refractivity contribution is 5.83. The lowest BCUT2D eigenvalue weighted by molar-refractivity contribution is 0.603. The topological polar surface area (TPSA) is 38.0 Å². The van der Waals surface area contributed by atoms with E-state index >= 15 is 0 Å². The van der Waals surface area contributed by atoms with E-state index in [1.807, 2.05) is 25.1 Å². The van der Waals surface area contributed by atoms with Gasteiger partial charge in [-0.05, 0) is 52.6 Å². The van der Waals surface area contributed by atoms with Gasteiger partial charge in [-0.3, -0.25) is 5.84 Å². The fraction of sp³-hybridized carbons (Fsp3) is 0.111. The normalized spacial score (nSPS) is 12.5. The molecule has 1 unspecified atom stereocenters. The van der Waals surface area contributed by atoms with Crippen molar-refractivity contribution in [1.29, 1.82) is 0 Å². The zero-order chi connectivity index (χ0) is 14.8. The summed E-state index contributed by atoms with van der Waals surface area (Å²) >= 11 is 0. The van der Waals surface area contributed by atoms with E-state index in [-0.39, 0.29) is 11.9 Å². The quantitative estimate of drug-likeness (QED) is 0.565. The second kappa shape index (κ2) is 5.64. The molecular weight excluding hydrogens is 263 g/mol. The predicted molar refractivity (Wildman–Crippen MR) is 84.3 cm³/mol. The van der Waals surface area contributed by atoms with Gasteiger partial charge in [0, 0.05) is 0 Å². The Morgan fingerprint density at radius 1 is 0.952 bits per heavy atom. The Bertz CT molecular complexity index is 783. The number of rotatable bonds is 3. The van der Waals surface area contributed by atoms with Crippen LogP contribution in [0.15, 0.2) is 60.7 Å². The van der Waals surface area contributed by atoms with Crippen molar-refractivity contribution in [3.05, 3.63) is 83.2 Å². The lowest BCUT2D eigenvalue weighted by atomic mass is 9.94. The van der Waals surface area contributed by atoms with Gasteiger partial charge >= 0.3 is 0 Å². The molecule has 0 fully saturated rings. The van der Waals surface area contributed by atoms with Gasteiger partial charge in [-0.2, -0.15) is 0 Å². The van der Waals surface area contributed by atoms with Crippen molar-refractivity contribution >= 4 is 10.8 Å². The molecule has 0 radical (unpaired) electrons. The van der Waals surface area contributed by atoms with Gasteiger partial charge in [0.05, 0.1) is 6.04 Å². The van der Waals surface area contributed by atoms with Crippen LogP contribution in [0.5, 0.6) is 0 Å². The van der Waals surface area contributed by atoms with Crippen LogP contribution in [0, 0.1) is 12.7 Å². The van der Waals surface area contributed by atoms with Crippen LogP contribution in [0.1, 0.15) is 22.7 Å². The van der Waals surface area contributed by atoms with Gasteiger partial charge in [0.15, 0.2) is 0 Å². The summed E-state index contributed by atoms with van der Waals surface area (Å²) in [7, 11) is 0. The molecule has 3 aromatic rings. The molecule has 3 heteroatoms. The molecule has 0 aromatic heterocycles. The second-order valence-electron chi connectivity index (χ2n) is 5.21. The first-order chi connectivity index (χ1) is 10.2. The Kier molecular flexibility index (Phi) is 3.69. The molecule has 3 aromatic carbocycles. The number of aryl methyl sites for hydroxylation is 1. The number of nitrogens with two attached hydrogens (primary N) is 1. The van der Waals surface area contributed by atoms with E-state index in [1.165, 1.54) is 17.5 Å². The summed E-state index contributed by atoms with van der Waals surface area (Å²) in [4.78, 5) is 0. The maximum atomic E-state index is 13.5. The van der Waals surface area contributed by atoms with Crippen LogP contribution in [-0.4, -0.2) is 0 Å². The van der Waals surface area contributed by atoms with Crippen LogP contribution >= 0.6 is 0 Å². The molecule has 106 valence electrons. The summed E-state index contributed by atoms with van der Waals surface area (Å²) in [6.07, 6.45) is 0. The fourth-order valence-corrected chi connectivity index (χ4v) is 2.68. The first kappa shape index (κ1) is 13.7. The smallest absolute Gasteiger partial charge is 0.123 e.